The van der Waals surface area contributed by atoms with Gasteiger partial charge in [-0.3, -0.25) is 9.69 Å². The summed E-state index contributed by atoms with van der Waals surface area (Å²) in [7, 11) is 0. The van der Waals surface area contributed by atoms with Crippen molar-refractivity contribution in [2.45, 2.75) is 25.4 Å². The summed E-state index contributed by atoms with van der Waals surface area (Å²) >= 11 is 1.54. The molecule has 0 aliphatic carbocycles. The van der Waals surface area contributed by atoms with Crippen molar-refractivity contribution >= 4 is 29.7 Å². The van der Waals surface area contributed by atoms with Crippen molar-refractivity contribution in [3.8, 4) is 10.7 Å². The van der Waals surface area contributed by atoms with Crippen molar-refractivity contribution in [2.24, 2.45) is 0 Å². The molecule has 0 spiro atoms. The molecule has 0 saturated carbocycles. The molecular weight excluding hydrogens is 302 g/mol. The molecule has 0 unspecified atom stereocenters. The number of carboxylic acid groups (broad SMARTS) is 1. The van der Waals surface area contributed by atoms with E-state index in [1.54, 1.807) is 11.3 Å². The summed E-state index contributed by atoms with van der Waals surface area (Å²) in [4.78, 5) is 18.2. The number of thiophene rings is 1. The maximum Gasteiger partial charge on any atom is 0.320 e. The molecule has 20 heavy (non-hydrogen) atoms. The zero-order chi connectivity index (χ0) is 13.2. The molecule has 2 aromatic rings. The average molecular weight is 316 g/mol. The highest BCUT2D eigenvalue weighted by atomic mass is 35.5. The Morgan fingerprint density at radius 3 is 3.15 bits per heavy atom. The fourth-order valence-electron chi connectivity index (χ4n) is 2.29. The number of aromatic nitrogens is 2. The number of likely N-dealkylation sites (tertiary alicyclic amines) is 1. The van der Waals surface area contributed by atoms with Crippen LogP contribution >= 0.6 is 23.7 Å². The van der Waals surface area contributed by atoms with Crippen molar-refractivity contribution in [3.05, 3.63) is 23.4 Å². The SMILES string of the molecule is Cl.O=C(O)[C@@H]1CCCN1Cc1nc(-c2cccs2)no1. The second kappa shape index (κ2) is 6.34. The predicted molar refractivity (Wildman–Crippen MR) is 75.9 cm³/mol. The van der Waals surface area contributed by atoms with Crippen LogP contribution in [0.4, 0.5) is 0 Å². The minimum Gasteiger partial charge on any atom is -0.480 e. The third-order valence-electron chi connectivity index (χ3n) is 3.20. The van der Waals surface area contributed by atoms with Gasteiger partial charge in [-0.2, -0.15) is 4.98 Å². The standard InChI is InChI=1S/C12H13N3O3S.ClH/c16-12(17)8-3-1-5-15(8)7-10-13-11(14-18-10)9-4-2-6-19-9;/h2,4,6,8H,1,3,5,7H2,(H,16,17);1H/t8-;/m0./s1. The van der Waals surface area contributed by atoms with Crippen LogP contribution in [0.1, 0.15) is 18.7 Å². The quantitative estimate of drug-likeness (QED) is 0.932. The van der Waals surface area contributed by atoms with Gasteiger partial charge < -0.3 is 9.63 Å². The number of hydrogen-bond donors (Lipinski definition) is 1. The van der Waals surface area contributed by atoms with E-state index in [2.05, 4.69) is 10.1 Å². The Morgan fingerprint density at radius 1 is 1.60 bits per heavy atom. The van der Waals surface area contributed by atoms with Crippen LogP contribution in [0.5, 0.6) is 0 Å². The monoisotopic (exact) mass is 315 g/mol. The summed E-state index contributed by atoms with van der Waals surface area (Å²) in [5.74, 6) is 0.253. The van der Waals surface area contributed by atoms with Crippen molar-refractivity contribution in [2.75, 3.05) is 6.54 Å². The lowest BCUT2D eigenvalue weighted by Crippen LogP contribution is -2.35. The highest BCUT2D eigenvalue weighted by Crippen LogP contribution is 2.23. The Hall–Kier alpha value is -1.44. The van der Waals surface area contributed by atoms with E-state index in [0.717, 1.165) is 17.8 Å². The lowest BCUT2D eigenvalue weighted by molar-refractivity contribution is -0.142. The smallest absolute Gasteiger partial charge is 0.320 e. The lowest BCUT2D eigenvalue weighted by atomic mass is 10.2. The summed E-state index contributed by atoms with van der Waals surface area (Å²) < 4.78 is 5.19. The molecule has 6 nitrogen and oxygen atoms in total. The number of aliphatic carboxylic acids is 1. The Bertz CT molecular complexity index is 572. The van der Waals surface area contributed by atoms with Gasteiger partial charge in [0.2, 0.25) is 11.7 Å². The van der Waals surface area contributed by atoms with E-state index in [-0.39, 0.29) is 12.4 Å². The van der Waals surface area contributed by atoms with Crippen molar-refractivity contribution < 1.29 is 14.4 Å². The van der Waals surface area contributed by atoms with Crippen molar-refractivity contribution in [3.63, 3.8) is 0 Å². The van der Waals surface area contributed by atoms with E-state index in [1.807, 2.05) is 22.4 Å². The van der Waals surface area contributed by atoms with Gasteiger partial charge in [-0.05, 0) is 30.8 Å². The average Bonchev–Trinajstić information content (AvgIpc) is 3.09. The molecule has 1 fully saturated rings. The van der Waals surface area contributed by atoms with Crippen LogP contribution in [0.3, 0.4) is 0 Å². The predicted octanol–water partition coefficient (Wildman–Crippen LogP) is 2.27. The van der Waals surface area contributed by atoms with Crippen LogP contribution in [-0.2, 0) is 11.3 Å². The van der Waals surface area contributed by atoms with E-state index in [0.29, 0.717) is 24.7 Å². The van der Waals surface area contributed by atoms with Crippen LogP contribution in [-0.4, -0.2) is 38.7 Å². The number of halogens is 1. The fraction of sp³-hybridized carbons (Fsp3) is 0.417. The first kappa shape index (κ1) is 15.0. The first-order chi connectivity index (χ1) is 9.24. The fourth-order valence-corrected chi connectivity index (χ4v) is 2.94. The molecule has 2 aromatic heterocycles. The van der Waals surface area contributed by atoms with Crippen LogP contribution in [0.2, 0.25) is 0 Å². The second-order valence-corrected chi connectivity index (χ2v) is 5.40. The molecule has 0 bridgehead atoms. The number of carbonyl (C=O) groups is 1. The molecule has 3 heterocycles. The van der Waals surface area contributed by atoms with Gasteiger partial charge in [0.1, 0.15) is 6.04 Å². The third kappa shape index (κ3) is 3.00. The van der Waals surface area contributed by atoms with Crippen molar-refractivity contribution in [1.82, 2.24) is 15.0 Å². The van der Waals surface area contributed by atoms with Crippen LogP contribution < -0.4 is 0 Å². The van der Waals surface area contributed by atoms with Gasteiger partial charge in [0.05, 0.1) is 11.4 Å². The maximum absolute atomic E-state index is 11.1. The molecule has 1 saturated heterocycles. The molecule has 1 N–H and O–H groups in total. The zero-order valence-corrected chi connectivity index (χ0v) is 12.2. The number of nitrogens with zero attached hydrogens (tertiary/aromatic N) is 3. The van der Waals surface area contributed by atoms with Gasteiger partial charge >= 0.3 is 5.97 Å². The molecule has 8 heteroatoms. The topological polar surface area (TPSA) is 79.5 Å². The minimum absolute atomic E-state index is 0. The van der Waals surface area contributed by atoms with Gasteiger partial charge in [-0.25, -0.2) is 0 Å². The molecule has 0 aromatic carbocycles. The number of hydrogen-bond acceptors (Lipinski definition) is 6. The van der Waals surface area contributed by atoms with Crippen LogP contribution in [0.25, 0.3) is 10.7 Å². The summed E-state index contributed by atoms with van der Waals surface area (Å²) in [5, 5.41) is 15.0. The summed E-state index contributed by atoms with van der Waals surface area (Å²) in [6, 6.07) is 3.42. The van der Waals surface area contributed by atoms with Crippen LogP contribution in [0.15, 0.2) is 22.0 Å². The van der Waals surface area contributed by atoms with E-state index in [1.165, 1.54) is 0 Å². The van der Waals surface area contributed by atoms with E-state index in [4.69, 9.17) is 9.63 Å². The van der Waals surface area contributed by atoms with Gasteiger partial charge in [0.15, 0.2) is 0 Å². The van der Waals surface area contributed by atoms with Gasteiger partial charge in [-0.15, -0.1) is 23.7 Å². The maximum atomic E-state index is 11.1. The second-order valence-electron chi connectivity index (χ2n) is 4.46. The van der Waals surface area contributed by atoms with Gasteiger partial charge in [-0.1, -0.05) is 11.2 Å². The van der Waals surface area contributed by atoms with E-state index in [9.17, 15) is 4.79 Å². The molecule has 1 aliphatic heterocycles. The molecule has 0 amide bonds. The Kier molecular flexibility index (Phi) is 4.74. The normalized spacial score (nSPS) is 18.9. The highest BCUT2D eigenvalue weighted by molar-refractivity contribution is 7.13. The molecular formula is C12H14ClN3O3S. The molecule has 108 valence electrons. The van der Waals surface area contributed by atoms with Gasteiger partial charge in [0, 0.05) is 0 Å². The van der Waals surface area contributed by atoms with E-state index >= 15 is 0 Å². The lowest BCUT2D eigenvalue weighted by Gasteiger charge is -2.18. The van der Waals surface area contributed by atoms with Gasteiger partial charge in [0.25, 0.3) is 0 Å². The first-order valence-electron chi connectivity index (χ1n) is 6.07. The highest BCUT2D eigenvalue weighted by Gasteiger charge is 2.31. The summed E-state index contributed by atoms with van der Waals surface area (Å²) in [6.07, 6.45) is 1.57. The summed E-state index contributed by atoms with van der Waals surface area (Å²) in [5.41, 5.74) is 0. The zero-order valence-electron chi connectivity index (χ0n) is 10.6. The number of carboxylic acids is 1. The molecule has 1 aliphatic rings. The molecule has 3 rings (SSSR count). The van der Waals surface area contributed by atoms with Crippen LogP contribution in [0, 0.1) is 0 Å². The van der Waals surface area contributed by atoms with Crippen molar-refractivity contribution in [1.29, 1.82) is 0 Å². The number of rotatable bonds is 4. The third-order valence-corrected chi connectivity index (χ3v) is 4.06. The Morgan fingerprint density at radius 2 is 2.45 bits per heavy atom. The largest absolute Gasteiger partial charge is 0.480 e. The first-order valence-corrected chi connectivity index (χ1v) is 6.95. The Balaban J connectivity index is 0.00000147. The molecule has 1 atom stereocenters. The molecule has 0 radical (unpaired) electrons. The van der Waals surface area contributed by atoms with E-state index < -0.39 is 12.0 Å². The Labute approximate surface area is 125 Å². The minimum atomic E-state index is -0.782. The summed E-state index contributed by atoms with van der Waals surface area (Å²) in [6.45, 7) is 1.16.